The van der Waals surface area contributed by atoms with Crippen molar-refractivity contribution in [2.75, 3.05) is 38.1 Å². The van der Waals surface area contributed by atoms with Gasteiger partial charge < -0.3 is 29.4 Å². The number of ether oxygens (including phenoxy) is 1. The molecule has 1 atom stereocenters. The Hall–Kier alpha value is -2.81. The SMILES string of the molecule is CN1CCN(c2ccc3nc(C[C@H](NC(=O)OC(C)(C)C)C(=O)O)oc3c2)CC1. The van der Waals surface area contributed by atoms with Crippen LogP contribution in [-0.2, 0) is 16.0 Å². The van der Waals surface area contributed by atoms with E-state index in [2.05, 4.69) is 27.1 Å². The van der Waals surface area contributed by atoms with Gasteiger partial charge in [0.2, 0.25) is 0 Å². The number of rotatable bonds is 5. The highest BCUT2D eigenvalue weighted by Gasteiger charge is 2.26. The number of benzene rings is 1. The summed E-state index contributed by atoms with van der Waals surface area (Å²) in [5.41, 5.74) is 1.58. The van der Waals surface area contributed by atoms with Crippen LogP contribution in [0.5, 0.6) is 0 Å². The maximum atomic E-state index is 11.9. The Kier molecular flexibility index (Phi) is 5.97. The van der Waals surface area contributed by atoms with Crippen molar-refractivity contribution >= 4 is 28.8 Å². The normalized spacial score (nSPS) is 16.6. The van der Waals surface area contributed by atoms with Crippen LogP contribution in [0.2, 0.25) is 0 Å². The number of carbonyl (C=O) groups excluding carboxylic acids is 1. The number of hydrogen-bond donors (Lipinski definition) is 2. The highest BCUT2D eigenvalue weighted by molar-refractivity contribution is 5.81. The molecular formula is C20H28N4O5. The fourth-order valence-corrected chi connectivity index (χ4v) is 3.13. The Bertz CT molecular complexity index is 881. The number of anilines is 1. The molecule has 1 amide bonds. The third-order valence-corrected chi connectivity index (χ3v) is 4.65. The number of alkyl carbamates (subject to hydrolysis) is 1. The lowest BCUT2D eigenvalue weighted by atomic mass is 10.2. The van der Waals surface area contributed by atoms with Crippen LogP contribution in [0.25, 0.3) is 11.1 Å². The highest BCUT2D eigenvalue weighted by atomic mass is 16.6. The monoisotopic (exact) mass is 404 g/mol. The molecule has 1 aliphatic rings. The first-order valence-corrected chi connectivity index (χ1v) is 9.66. The van der Waals surface area contributed by atoms with Gasteiger partial charge in [0.1, 0.15) is 17.2 Å². The molecule has 9 heteroatoms. The van der Waals surface area contributed by atoms with E-state index < -0.39 is 23.7 Å². The van der Waals surface area contributed by atoms with Crippen LogP contribution in [0.3, 0.4) is 0 Å². The van der Waals surface area contributed by atoms with Crippen molar-refractivity contribution in [3.8, 4) is 0 Å². The van der Waals surface area contributed by atoms with Crippen molar-refractivity contribution in [3.05, 3.63) is 24.1 Å². The van der Waals surface area contributed by atoms with Gasteiger partial charge in [-0.15, -0.1) is 0 Å². The van der Waals surface area contributed by atoms with E-state index in [4.69, 9.17) is 9.15 Å². The second-order valence-corrected chi connectivity index (χ2v) is 8.29. The number of nitrogens with one attached hydrogen (secondary N) is 1. The van der Waals surface area contributed by atoms with E-state index in [-0.39, 0.29) is 12.3 Å². The number of oxazole rings is 1. The molecule has 9 nitrogen and oxygen atoms in total. The van der Waals surface area contributed by atoms with Crippen LogP contribution in [0, 0.1) is 0 Å². The molecule has 29 heavy (non-hydrogen) atoms. The van der Waals surface area contributed by atoms with Gasteiger partial charge >= 0.3 is 12.1 Å². The van der Waals surface area contributed by atoms with Crippen molar-refractivity contribution in [3.63, 3.8) is 0 Å². The zero-order valence-electron chi connectivity index (χ0n) is 17.3. The summed E-state index contributed by atoms with van der Waals surface area (Å²) in [6, 6.07) is 4.59. The van der Waals surface area contributed by atoms with Crippen molar-refractivity contribution in [2.45, 2.75) is 38.8 Å². The highest BCUT2D eigenvalue weighted by Crippen LogP contribution is 2.24. The molecule has 1 aromatic heterocycles. The number of nitrogens with zero attached hydrogens (tertiary/aromatic N) is 3. The molecule has 3 rings (SSSR count). The molecule has 2 aromatic rings. The predicted octanol–water partition coefficient (Wildman–Crippen LogP) is 2.10. The van der Waals surface area contributed by atoms with Gasteiger partial charge in [0, 0.05) is 37.9 Å². The number of hydrogen-bond acceptors (Lipinski definition) is 7. The lowest BCUT2D eigenvalue weighted by molar-refractivity contribution is -0.139. The molecule has 0 radical (unpaired) electrons. The molecule has 2 N–H and O–H groups in total. The average molecular weight is 404 g/mol. The van der Waals surface area contributed by atoms with E-state index in [0.29, 0.717) is 11.1 Å². The maximum Gasteiger partial charge on any atom is 0.408 e. The molecule has 1 fully saturated rings. The second-order valence-electron chi connectivity index (χ2n) is 8.29. The standard InChI is InChI=1S/C20H28N4O5/c1-20(2,3)29-19(27)22-15(18(25)26)12-17-21-14-6-5-13(11-16(14)28-17)24-9-7-23(4)8-10-24/h5-6,11,15H,7-10,12H2,1-4H3,(H,22,27)(H,25,26)/t15-/m0/s1. The summed E-state index contributed by atoms with van der Waals surface area (Å²) in [4.78, 5) is 32.4. The summed E-state index contributed by atoms with van der Waals surface area (Å²) in [5, 5.41) is 11.8. The van der Waals surface area contributed by atoms with Crippen LogP contribution in [0.1, 0.15) is 26.7 Å². The summed E-state index contributed by atoms with van der Waals surface area (Å²) in [7, 11) is 2.10. The smallest absolute Gasteiger partial charge is 0.408 e. The molecule has 1 aromatic carbocycles. The average Bonchev–Trinajstić information content (AvgIpc) is 3.01. The summed E-state index contributed by atoms with van der Waals surface area (Å²) >= 11 is 0. The van der Waals surface area contributed by atoms with Gasteiger partial charge in [-0.25, -0.2) is 14.6 Å². The van der Waals surface area contributed by atoms with Gasteiger partial charge in [0.15, 0.2) is 11.5 Å². The van der Waals surface area contributed by atoms with Crippen molar-refractivity contribution < 1.29 is 23.8 Å². The molecule has 0 saturated carbocycles. The molecule has 0 aliphatic carbocycles. The fraction of sp³-hybridized carbons (Fsp3) is 0.550. The molecular weight excluding hydrogens is 376 g/mol. The van der Waals surface area contributed by atoms with Crippen LogP contribution in [-0.4, -0.2) is 71.9 Å². The molecule has 1 saturated heterocycles. The topological polar surface area (TPSA) is 108 Å². The van der Waals surface area contributed by atoms with E-state index in [9.17, 15) is 14.7 Å². The molecule has 2 heterocycles. The lowest BCUT2D eigenvalue weighted by Crippen LogP contribution is -2.44. The Morgan fingerprint density at radius 1 is 1.28 bits per heavy atom. The van der Waals surface area contributed by atoms with E-state index in [0.717, 1.165) is 31.9 Å². The van der Waals surface area contributed by atoms with Crippen molar-refractivity contribution in [1.82, 2.24) is 15.2 Å². The fourth-order valence-electron chi connectivity index (χ4n) is 3.13. The summed E-state index contributed by atoms with van der Waals surface area (Å²) < 4.78 is 10.9. The van der Waals surface area contributed by atoms with Gasteiger partial charge in [0.05, 0.1) is 6.42 Å². The van der Waals surface area contributed by atoms with Crippen molar-refractivity contribution in [2.24, 2.45) is 0 Å². The van der Waals surface area contributed by atoms with Crippen LogP contribution in [0.4, 0.5) is 10.5 Å². The number of likely N-dealkylation sites (N-methyl/N-ethyl adjacent to an activating group) is 1. The third-order valence-electron chi connectivity index (χ3n) is 4.65. The second kappa shape index (κ2) is 8.28. The van der Waals surface area contributed by atoms with Gasteiger partial charge in [-0.3, -0.25) is 0 Å². The largest absolute Gasteiger partial charge is 0.480 e. The van der Waals surface area contributed by atoms with E-state index >= 15 is 0 Å². The van der Waals surface area contributed by atoms with Gasteiger partial charge in [-0.05, 0) is 40.0 Å². The number of carboxylic acids is 1. The Labute approximate surface area is 169 Å². The van der Waals surface area contributed by atoms with Crippen LogP contribution >= 0.6 is 0 Å². The van der Waals surface area contributed by atoms with E-state index in [1.807, 2.05) is 18.2 Å². The Morgan fingerprint density at radius 2 is 1.97 bits per heavy atom. The first-order chi connectivity index (χ1) is 13.6. The van der Waals surface area contributed by atoms with E-state index in [1.165, 1.54) is 0 Å². The zero-order valence-corrected chi connectivity index (χ0v) is 17.3. The number of carboxylic acid groups (broad SMARTS) is 1. The van der Waals surface area contributed by atoms with Gasteiger partial charge in [0.25, 0.3) is 0 Å². The number of amides is 1. The van der Waals surface area contributed by atoms with Crippen LogP contribution in [0.15, 0.2) is 22.6 Å². The molecule has 0 bridgehead atoms. The third kappa shape index (κ3) is 5.60. The Balaban J connectivity index is 1.71. The predicted molar refractivity (Wildman–Crippen MR) is 108 cm³/mol. The zero-order chi connectivity index (χ0) is 21.2. The van der Waals surface area contributed by atoms with Gasteiger partial charge in [-0.1, -0.05) is 0 Å². The van der Waals surface area contributed by atoms with E-state index in [1.54, 1.807) is 20.8 Å². The number of piperazine rings is 1. The number of carbonyl (C=O) groups is 2. The minimum absolute atomic E-state index is 0.0763. The number of aromatic nitrogens is 1. The maximum absolute atomic E-state index is 11.9. The Morgan fingerprint density at radius 3 is 2.59 bits per heavy atom. The minimum atomic E-state index is -1.20. The number of fused-ring (bicyclic) bond motifs is 1. The quantitative estimate of drug-likeness (QED) is 0.780. The first kappa shape index (κ1) is 20.9. The molecule has 158 valence electrons. The van der Waals surface area contributed by atoms with Crippen molar-refractivity contribution in [1.29, 1.82) is 0 Å². The molecule has 0 spiro atoms. The summed E-state index contributed by atoms with van der Waals surface area (Å²) in [6.45, 7) is 8.99. The van der Waals surface area contributed by atoms with Crippen LogP contribution < -0.4 is 10.2 Å². The minimum Gasteiger partial charge on any atom is -0.480 e. The molecule has 1 aliphatic heterocycles. The first-order valence-electron chi connectivity index (χ1n) is 9.66. The van der Waals surface area contributed by atoms with Gasteiger partial charge in [-0.2, -0.15) is 0 Å². The summed E-state index contributed by atoms with van der Waals surface area (Å²) in [5.74, 6) is -0.935. The summed E-state index contributed by atoms with van der Waals surface area (Å²) in [6.07, 6.45) is -0.869. The lowest BCUT2D eigenvalue weighted by Gasteiger charge is -2.33. The molecule has 0 unspecified atom stereocenters. The number of aliphatic carboxylic acids is 1.